The fourth-order valence-corrected chi connectivity index (χ4v) is 5.52. The molecule has 1 atom stereocenters. The average molecular weight is 397 g/mol. The third-order valence-electron chi connectivity index (χ3n) is 5.06. The van der Waals surface area contributed by atoms with E-state index >= 15 is 0 Å². The Labute approximate surface area is 158 Å². The van der Waals surface area contributed by atoms with Crippen LogP contribution in [0.2, 0.25) is 5.02 Å². The van der Waals surface area contributed by atoms with Crippen LogP contribution in [0.4, 0.5) is 0 Å². The Morgan fingerprint density at radius 1 is 1.27 bits per heavy atom. The fourth-order valence-electron chi connectivity index (χ4n) is 3.30. The van der Waals surface area contributed by atoms with Gasteiger partial charge in [0.15, 0.2) is 5.82 Å². The van der Waals surface area contributed by atoms with E-state index in [4.69, 9.17) is 16.1 Å². The number of aryl methyl sites for hydroxylation is 1. The summed E-state index contributed by atoms with van der Waals surface area (Å²) in [6.45, 7) is 2.99. The first-order valence-corrected chi connectivity index (χ1v) is 10.5. The van der Waals surface area contributed by atoms with Gasteiger partial charge in [0, 0.05) is 25.6 Å². The lowest BCUT2D eigenvalue weighted by atomic mass is 10.2. The Morgan fingerprint density at radius 2 is 2.04 bits per heavy atom. The van der Waals surface area contributed by atoms with Crippen LogP contribution in [0, 0.1) is 6.92 Å². The highest BCUT2D eigenvalue weighted by atomic mass is 35.5. The first-order chi connectivity index (χ1) is 12.4. The van der Waals surface area contributed by atoms with E-state index in [1.54, 1.807) is 25.1 Å². The highest BCUT2D eigenvalue weighted by Crippen LogP contribution is 2.39. The minimum absolute atomic E-state index is 0.175. The molecule has 1 aromatic carbocycles. The van der Waals surface area contributed by atoms with Crippen molar-refractivity contribution in [3.8, 4) is 0 Å². The maximum absolute atomic E-state index is 13.2. The summed E-state index contributed by atoms with van der Waals surface area (Å²) in [6, 6.07) is 4.85. The molecule has 1 aliphatic heterocycles. The largest absolute Gasteiger partial charge is 0.338 e. The van der Waals surface area contributed by atoms with Crippen LogP contribution >= 0.6 is 11.6 Å². The first kappa shape index (κ1) is 17.9. The van der Waals surface area contributed by atoms with E-state index in [9.17, 15) is 8.42 Å². The predicted octanol–water partition coefficient (Wildman–Crippen LogP) is 2.59. The lowest BCUT2D eigenvalue weighted by Gasteiger charge is -2.37. The second-order valence-electron chi connectivity index (χ2n) is 7.01. The van der Waals surface area contributed by atoms with E-state index in [2.05, 4.69) is 15.0 Å². The number of hydrogen-bond donors (Lipinski definition) is 0. The van der Waals surface area contributed by atoms with Crippen molar-refractivity contribution < 1.29 is 12.9 Å². The van der Waals surface area contributed by atoms with Crippen LogP contribution in [-0.4, -0.2) is 54.4 Å². The Kier molecular flexibility index (Phi) is 4.54. The normalized spacial score (nSPS) is 22.7. The second-order valence-corrected chi connectivity index (χ2v) is 9.29. The van der Waals surface area contributed by atoms with Crippen LogP contribution in [0.3, 0.4) is 0 Å². The standard InChI is InChI=1S/C17H21ClN4O3S/c1-11-4-3-5-13(18)15(11)26(23,24)22-9-8-21(2)14(10-22)17-19-16(20-25-17)12-6-7-12/h3-5,12,14H,6-10H2,1-2H3/t14-/m1/s1. The van der Waals surface area contributed by atoms with Gasteiger partial charge in [-0.25, -0.2) is 8.42 Å². The quantitative estimate of drug-likeness (QED) is 0.790. The molecule has 0 unspecified atom stereocenters. The number of benzene rings is 1. The van der Waals surface area contributed by atoms with Crippen LogP contribution < -0.4 is 0 Å². The van der Waals surface area contributed by atoms with Gasteiger partial charge in [0.05, 0.1) is 5.02 Å². The van der Waals surface area contributed by atoms with Crippen molar-refractivity contribution >= 4 is 21.6 Å². The van der Waals surface area contributed by atoms with Gasteiger partial charge in [-0.1, -0.05) is 28.9 Å². The van der Waals surface area contributed by atoms with Crippen molar-refractivity contribution in [2.45, 2.75) is 36.6 Å². The van der Waals surface area contributed by atoms with E-state index in [1.807, 2.05) is 7.05 Å². The lowest BCUT2D eigenvalue weighted by Crippen LogP contribution is -2.49. The summed E-state index contributed by atoms with van der Waals surface area (Å²) in [6.07, 6.45) is 2.18. The number of sulfonamides is 1. The van der Waals surface area contributed by atoms with Gasteiger partial charge in [0.1, 0.15) is 10.9 Å². The van der Waals surface area contributed by atoms with Gasteiger partial charge >= 0.3 is 0 Å². The van der Waals surface area contributed by atoms with Gasteiger partial charge in [0.25, 0.3) is 0 Å². The maximum Gasteiger partial charge on any atom is 0.245 e. The van der Waals surface area contributed by atoms with E-state index < -0.39 is 10.0 Å². The Hall–Kier alpha value is -1.48. The van der Waals surface area contributed by atoms with E-state index in [1.165, 1.54) is 4.31 Å². The molecule has 0 spiro atoms. The summed E-state index contributed by atoms with van der Waals surface area (Å²) in [5, 5.41) is 4.30. The van der Waals surface area contributed by atoms with Gasteiger partial charge in [-0.15, -0.1) is 0 Å². The molecule has 4 rings (SSSR count). The smallest absolute Gasteiger partial charge is 0.245 e. The van der Waals surface area contributed by atoms with Crippen LogP contribution in [0.25, 0.3) is 0 Å². The minimum atomic E-state index is -3.70. The van der Waals surface area contributed by atoms with E-state index in [0.29, 0.717) is 30.5 Å². The van der Waals surface area contributed by atoms with E-state index in [0.717, 1.165) is 18.7 Å². The molecule has 0 amide bonds. The summed E-state index contributed by atoms with van der Waals surface area (Å²) in [7, 11) is -1.76. The summed E-state index contributed by atoms with van der Waals surface area (Å²) in [5.41, 5.74) is 0.641. The molecule has 1 saturated carbocycles. The summed E-state index contributed by atoms with van der Waals surface area (Å²) < 4.78 is 33.3. The predicted molar refractivity (Wildman–Crippen MR) is 96.6 cm³/mol. The molecule has 1 aliphatic carbocycles. The lowest BCUT2D eigenvalue weighted by molar-refractivity contribution is 0.120. The SMILES string of the molecule is Cc1cccc(Cl)c1S(=O)(=O)N1CCN(C)[C@@H](c2nc(C3CC3)no2)C1. The van der Waals surface area contributed by atoms with Gasteiger partial charge < -0.3 is 4.52 Å². The molecular weight excluding hydrogens is 376 g/mol. The zero-order chi connectivity index (χ0) is 18.5. The van der Waals surface area contributed by atoms with Crippen molar-refractivity contribution in [1.29, 1.82) is 0 Å². The number of halogens is 1. The molecular formula is C17H21ClN4O3S. The van der Waals surface area contributed by atoms with Crippen molar-refractivity contribution in [2.75, 3.05) is 26.7 Å². The topological polar surface area (TPSA) is 79.5 Å². The zero-order valence-corrected chi connectivity index (χ0v) is 16.3. The van der Waals surface area contributed by atoms with Crippen LogP contribution in [0.15, 0.2) is 27.6 Å². The number of rotatable bonds is 4. The third kappa shape index (κ3) is 3.15. The number of hydrogen-bond acceptors (Lipinski definition) is 6. The Bertz CT molecular complexity index is 906. The highest BCUT2D eigenvalue weighted by molar-refractivity contribution is 7.89. The number of aromatic nitrogens is 2. The highest BCUT2D eigenvalue weighted by Gasteiger charge is 2.38. The van der Waals surface area contributed by atoms with Gasteiger partial charge in [0.2, 0.25) is 15.9 Å². The summed E-state index contributed by atoms with van der Waals surface area (Å²) >= 11 is 6.20. The maximum atomic E-state index is 13.2. The van der Waals surface area contributed by atoms with Crippen LogP contribution in [0.5, 0.6) is 0 Å². The molecule has 0 N–H and O–H groups in total. The number of piperazine rings is 1. The minimum Gasteiger partial charge on any atom is -0.338 e. The molecule has 0 bridgehead atoms. The Morgan fingerprint density at radius 3 is 2.73 bits per heavy atom. The van der Waals surface area contributed by atoms with Gasteiger partial charge in [-0.2, -0.15) is 9.29 Å². The van der Waals surface area contributed by atoms with Crippen LogP contribution in [0.1, 0.15) is 42.1 Å². The molecule has 26 heavy (non-hydrogen) atoms. The van der Waals surface area contributed by atoms with Gasteiger partial charge in [-0.05, 0) is 38.4 Å². The van der Waals surface area contributed by atoms with Crippen molar-refractivity contribution in [3.63, 3.8) is 0 Å². The van der Waals surface area contributed by atoms with Crippen LogP contribution in [-0.2, 0) is 10.0 Å². The zero-order valence-electron chi connectivity index (χ0n) is 14.7. The van der Waals surface area contributed by atoms with E-state index in [-0.39, 0.29) is 22.5 Å². The van der Waals surface area contributed by atoms with Gasteiger partial charge in [-0.3, -0.25) is 4.90 Å². The molecule has 2 aliphatic rings. The summed E-state index contributed by atoms with van der Waals surface area (Å²) in [4.78, 5) is 6.73. The number of nitrogens with zero attached hydrogens (tertiary/aromatic N) is 4. The van der Waals surface area contributed by atoms with Crippen molar-refractivity contribution in [1.82, 2.24) is 19.3 Å². The molecule has 0 radical (unpaired) electrons. The molecule has 1 aromatic heterocycles. The molecule has 2 heterocycles. The molecule has 140 valence electrons. The van der Waals surface area contributed by atoms with Crippen molar-refractivity contribution in [2.24, 2.45) is 0 Å². The monoisotopic (exact) mass is 396 g/mol. The molecule has 2 fully saturated rings. The molecule has 7 nitrogen and oxygen atoms in total. The Balaban J connectivity index is 1.63. The first-order valence-electron chi connectivity index (χ1n) is 8.67. The van der Waals surface area contributed by atoms with Crippen molar-refractivity contribution in [3.05, 3.63) is 40.5 Å². The molecule has 2 aromatic rings. The second kappa shape index (κ2) is 6.60. The fraction of sp³-hybridized carbons (Fsp3) is 0.529. The average Bonchev–Trinajstić information content (AvgIpc) is 3.32. The third-order valence-corrected chi connectivity index (χ3v) is 7.55. The molecule has 1 saturated heterocycles. The summed E-state index contributed by atoms with van der Waals surface area (Å²) in [5.74, 6) is 1.60. The molecule has 9 heteroatoms. The number of likely N-dealkylation sites (N-methyl/N-ethyl adjacent to an activating group) is 1.